The van der Waals surface area contributed by atoms with Crippen LogP contribution in [0.15, 0.2) is 0 Å². The van der Waals surface area contributed by atoms with Crippen molar-refractivity contribution in [3.05, 3.63) is 0 Å². The van der Waals surface area contributed by atoms with Gasteiger partial charge in [0.25, 0.3) is 0 Å². The van der Waals surface area contributed by atoms with Crippen molar-refractivity contribution in [3.8, 4) is 0 Å². The Balaban J connectivity index is 0. The Hall–Kier alpha value is 1.18. The van der Waals surface area contributed by atoms with Crippen molar-refractivity contribution in [1.82, 2.24) is 0 Å². The molecule has 0 aromatic rings. The van der Waals surface area contributed by atoms with E-state index >= 15 is 0 Å². The third-order valence-electron chi connectivity index (χ3n) is 0. The van der Waals surface area contributed by atoms with E-state index in [1.165, 1.54) is 0 Å². The maximum atomic E-state index is 3.51. The van der Waals surface area contributed by atoms with Gasteiger partial charge in [-0.2, -0.15) is 0 Å². The molecule has 0 heterocycles. The number of hydrogen-bond acceptors (Lipinski definition) is 0. The molecule has 0 N–H and O–H groups in total. The average Bonchev–Trinajstić information content (AvgIpc) is 0.722. The lowest BCUT2D eigenvalue weighted by Gasteiger charge is -1.98. The molecule has 0 aromatic carbocycles. The summed E-state index contributed by atoms with van der Waals surface area (Å²) in [6.07, 6.45) is 0. The van der Waals surface area contributed by atoms with Gasteiger partial charge in [-0.3, -0.25) is 0 Å². The zero-order valence-electron chi connectivity index (χ0n) is 4.29. The largest absolute Gasteiger partial charge is 0.127 e. The Bertz CT molecular complexity index is 24.3. The topological polar surface area (TPSA) is 0 Å². The Morgan fingerprint density at radius 2 is 1.17 bits per heavy atom. The second kappa shape index (κ2) is 3.21. The molecular formula is C3H10Br2Si. The molecule has 0 saturated carbocycles. The summed E-state index contributed by atoms with van der Waals surface area (Å²) < 4.78 is 0. The van der Waals surface area contributed by atoms with Gasteiger partial charge in [0, 0.05) is 0 Å². The molecule has 0 aromatic heterocycles. The zero-order valence-corrected chi connectivity index (χ0v) is 8.59. The van der Waals surface area contributed by atoms with Crippen LogP contribution in [-0.4, -0.2) is 6.69 Å². The zero-order chi connectivity index (χ0) is 4.50. The molecule has 0 unspecified atom stereocenters. The van der Waals surface area contributed by atoms with Crippen molar-refractivity contribution in [2.75, 3.05) is 0 Å². The van der Waals surface area contributed by atoms with Gasteiger partial charge >= 0.3 is 0 Å². The molecule has 0 spiro atoms. The molecule has 0 nitrogen and oxygen atoms in total. The molecule has 0 amide bonds. The minimum absolute atomic E-state index is 0. The number of halogens is 2. The second-order valence-corrected chi connectivity index (χ2v) is 13.3. The third kappa shape index (κ3) is 65.2. The number of hydrogen-bond donors (Lipinski definition) is 0. The fourth-order valence-corrected chi connectivity index (χ4v) is 0. The van der Waals surface area contributed by atoms with Gasteiger partial charge in [-0.05, 0) is 0 Å². The fourth-order valence-electron chi connectivity index (χ4n) is 0. The van der Waals surface area contributed by atoms with Crippen LogP contribution in [0.3, 0.4) is 0 Å². The van der Waals surface area contributed by atoms with E-state index in [1.807, 2.05) is 0 Å². The van der Waals surface area contributed by atoms with Crippen molar-refractivity contribution in [2.24, 2.45) is 0 Å². The fraction of sp³-hybridized carbons (Fsp3) is 1.00. The number of rotatable bonds is 0. The lowest BCUT2D eigenvalue weighted by atomic mass is 11.8. The molecular weight excluding hydrogens is 224 g/mol. The van der Waals surface area contributed by atoms with Crippen LogP contribution in [0.5, 0.6) is 0 Å². The molecule has 0 aliphatic carbocycles. The van der Waals surface area contributed by atoms with Gasteiger partial charge in [0.05, 0.1) is 0 Å². The van der Waals surface area contributed by atoms with Crippen LogP contribution < -0.4 is 0 Å². The van der Waals surface area contributed by atoms with E-state index in [-0.39, 0.29) is 17.0 Å². The van der Waals surface area contributed by atoms with Crippen LogP contribution in [0.25, 0.3) is 0 Å². The van der Waals surface area contributed by atoms with E-state index in [0.717, 1.165) is 0 Å². The van der Waals surface area contributed by atoms with Crippen molar-refractivity contribution >= 4 is 39.0 Å². The summed E-state index contributed by atoms with van der Waals surface area (Å²) in [6, 6.07) is 0. The lowest BCUT2D eigenvalue weighted by molar-refractivity contribution is 1.89. The van der Waals surface area contributed by atoms with Crippen molar-refractivity contribution in [3.63, 3.8) is 0 Å². The van der Waals surface area contributed by atoms with Crippen LogP contribution in [0.4, 0.5) is 0 Å². The third-order valence-corrected chi connectivity index (χ3v) is 0. The first-order valence-electron chi connectivity index (χ1n) is 1.69. The van der Waals surface area contributed by atoms with E-state index in [9.17, 15) is 0 Å². The molecule has 0 aliphatic heterocycles. The summed E-state index contributed by atoms with van der Waals surface area (Å²) in [5, 5.41) is 0. The van der Waals surface area contributed by atoms with Gasteiger partial charge < -0.3 is 0 Å². The molecule has 0 radical (unpaired) electrons. The first-order chi connectivity index (χ1) is 2.00. The standard InChI is InChI=1S/C3H9BrSi.BrH/c1-5(2,3)4;/h1-3H3;1H. The van der Waals surface area contributed by atoms with E-state index < -0.39 is 6.69 Å². The Morgan fingerprint density at radius 3 is 1.17 bits per heavy atom. The van der Waals surface area contributed by atoms with Crippen molar-refractivity contribution in [1.29, 1.82) is 0 Å². The predicted molar refractivity (Wildman–Crippen MR) is 42.6 cm³/mol. The SMILES string of the molecule is Br.C[Si](C)(C)Br. The van der Waals surface area contributed by atoms with Gasteiger partial charge in [-0.25, -0.2) is 0 Å². The first-order valence-corrected chi connectivity index (χ1v) is 7.45. The van der Waals surface area contributed by atoms with Gasteiger partial charge in [0.15, 0.2) is 0 Å². The molecule has 0 aliphatic rings. The van der Waals surface area contributed by atoms with Crippen molar-refractivity contribution < 1.29 is 0 Å². The maximum Gasteiger partial charge on any atom is 0.121 e. The average molecular weight is 234 g/mol. The lowest BCUT2D eigenvalue weighted by Crippen LogP contribution is -2.05. The summed E-state index contributed by atoms with van der Waals surface area (Å²) in [6.45, 7) is 5.93. The van der Waals surface area contributed by atoms with Crippen LogP contribution in [0.2, 0.25) is 19.6 Å². The monoisotopic (exact) mass is 232 g/mol. The molecule has 0 saturated heterocycles. The predicted octanol–water partition coefficient (Wildman–Crippen LogP) is 2.79. The molecule has 3 heteroatoms. The highest BCUT2D eigenvalue weighted by molar-refractivity contribution is 9.26. The van der Waals surface area contributed by atoms with Crippen LogP contribution in [-0.2, 0) is 0 Å². The van der Waals surface area contributed by atoms with Gasteiger partial charge in [-0.1, -0.05) is 19.6 Å². The molecule has 40 valence electrons. The highest BCUT2D eigenvalue weighted by Gasteiger charge is 2.03. The van der Waals surface area contributed by atoms with Crippen LogP contribution in [0.1, 0.15) is 0 Å². The first kappa shape index (κ1) is 10.2. The summed E-state index contributed by atoms with van der Waals surface area (Å²) in [7, 11) is 0. The quantitative estimate of drug-likeness (QED) is 0.446. The normalized spacial score (nSPS) is 10.0. The Labute approximate surface area is 58.7 Å². The molecule has 0 fully saturated rings. The smallest absolute Gasteiger partial charge is 0.121 e. The van der Waals surface area contributed by atoms with Gasteiger partial charge in [0.2, 0.25) is 0 Å². The highest BCUT2D eigenvalue weighted by atomic mass is 79.9. The summed E-state index contributed by atoms with van der Waals surface area (Å²) in [4.78, 5) is 0. The summed E-state index contributed by atoms with van der Waals surface area (Å²) in [5.41, 5.74) is 0. The molecule has 0 rings (SSSR count). The maximum absolute atomic E-state index is 3.51. The van der Waals surface area contributed by atoms with Crippen molar-refractivity contribution in [2.45, 2.75) is 19.6 Å². The summed E-state index contributed by atoms with van der Waals surface area (Å²) in [5.74, 6) is 0. The van der Waals surface area contributed by atoms with E-state index in [4.69, 9.17) is 0 Å². The summed E-state index contributed by atoms with van der Waals surface area (Å²) >= 11 is 3.51. The molecule has 0 atom stereocenters. The highest BCUT2D eigenvalue weighted by Crippen LogP contribution is 2.07. The van der Waals surface area contributed by atoms with Gasteiger partial charge in [0.1, 0.15) is 6.69 Å². The minimum atomic E-state index is -0.799. The van der Waals surface area contributed by atoms with E-state index in [1.54, 1.807) is 0 Å². The second-order valence-electron chi connectivity index (χ2n) is 2.07. The van der Waals surface area contributed by atoms with E-state index in [0.29, 0.717) is 0 Å². The Kier molecular flexibility index (Phi) is 5.47. The minimum Gasteiger partial charge on any atom is -0.127 e. The van der Waals surface area contributed by atoms with Crippen LogP contribution >= 0.6 is 32.3 Å². The molecule has 0 bridgehead atoms. The molecule has 6 heavy (non-hydrogen) atoms. The van der Waals surface area contributed by atoms with Gasteiger partial charge in [-0.15, -0.1) is 32.3 Å². The van der Waals surface area contributed by atoms with Crippen LogP contribution in [0, 0.1) is 0 Å². The Morgan fingerprint density at radius 1 is 1.17 bits per heavy atom. The van der Waals surface area contributed by atoms with E-state index in [2.05, 4.69) is 34.9 Å².